The number of rotatable bonds is 5. The van der Waals surface area contributed by atoms with Crippen LogP contribution in [0.2, 0.25) is 0 Å². The van der Waals surface area contributed by atoms with Crippen LogP contribution in [0, 0.1) is 0 Å². The van der Waals surface area contributed by atoms with Crippen molar-refractivity contribution in [2.45, 2.75) is 37.9 Å². The van der Waals surface area contributed by atoms with Gasteiger partial charge in [0.1, 0.15) is 11.6 Å². The Hall–Kier alpha value is -2.05. The van der Waals surface area contributed by atoms with Crippen LogP contribution in [0.4, 0.5) is 5.82 Å². The van der Waals surface area contributed by atoms with E-state index in [-0.39, 0.29) is 6.04 Å². The second-order valence-corrected chi connectivity index (χ2v) is 6.49. The van der Waals surface area contributed by atoms with Gasteiger partial charge in [0.2, 0.25) is 0 Å². The lowest BCUT2D eigenvalue weighted by Crippen LogP contribution is -2.40. The lowest BCUT2D eigenvalue weighted by Gasteiger charge is -2.34. The number of aromatic nitrogens is 3. The molecule has 0 spiro atoms. The van der Waals surface area contributed by atoms with Crippen molar-refractivity contribution < 1.29 is 4.74 Å². The Morgan fingerprint density at radius 3 is 2.83 bits per heavy atom. The summed E-state index contributed by atoms with van der Waals surface area (Å²) in [5.74, 6) is 1.77. The van der Waals surface area contributed by atoms with Crippen LogP contribution in [0.25, 0.3) is 0 Å². The lowest BCUT2D eigenvalue weighted by atomic mass is 9.93. The normalized spacial score (nSPS) is 22.1. The summed E-state index contributed by atoms with van der Waals surface area (Å²) in [7, 11) is 0. The van der Waals surface area contributed by atoms with Gasteiger partial charge in [-0.2, -0.15) is 0 Å². The van der Waals surface area contributed by atoms with E-state index in [1.165, 1.54) is 24.8 Å². The van der Waals surface area contributed by atoms with E-state index in [1.54, 1.807) is 0 Å². The third-order valence-electron chi connectivity index (χ3n) is 4.80. The Morgan fingerprint density at radius 2 is 2.04 bits per heavy atom. The molecule has 0 amide bonds. The number of nitrogens with zero attached hydrogens (tertiary/aromatic N) is 4. The van der Waals surface area contributed by atoms with Crippen LogP contribution >= 0.6 is 0 Å². The topological polar surface area (TPSA) is 63.2 Å². The van der Waals surface area contributed by atoms with Gasteiger partial charge in [0.15, 0.2) is 0 Å². The Balaban J connectivity index is 1.50. The predicted molar refractivity (Wildman–Crippen MR) is 91.5 cm³/mol. The second kappa shape index (κ2) is 7.23. The molecule has 0 unspecified atom stereocenters. The molecule has 6 nitrogen and oxygen atoms in total. The molecule has 4 rings (SSSR count). The van der Waals surface area contributed by atoms with Gasteiger partial charge < -0.3 is 10.1 Å². The molecule has 1 aliphatic carbocycles. The van der Waals surface area contributed by atoms with Crippen molar-refractivity contribution in [1.29, 1.82) is 0 Å². The smallest absolute Gasteiger partial charge is 0.150 e. The molecule has 0 aromatic carbocycles. The van der Waals surface area contributed by atoms with Gasteiger partial charge in [0.05, 0.1) is 19.3 Å². The van der Waals surface area contributed by atoms with Crippen LogP contribution in [0.3, 0.4) is 0 Å². The van der Waals surface area contributed by atoms with Crippen molar-refractivity contribution in [2.24, 2.45) is 0 Å². The van der Waals surface area contributed by atoms with E-state index in [9.17, 15) is 0 Å². The van der Waals surface area contributed by atoms with Crippen LogP contribution in [0.5, 0.6) is 0 Å². The summed E-state index contributed by atoms with van der Waals surface area (Å²) in [6.45, 7) is 3.14. The highest BCUT2D eigenvalue weighted by Gasteiger charge is 2.27. The fourth-order valence-electron chi connectivity index (χ4n) is 3.16. The van der Waals surface area contributed by atoms with E-state index in [1.807, 2.05) is 24.7 Å². The van der Waals surface area contributed by atoms with Gasteiger partial charge in [-0.3, -0.25) is 9.88 Å². The maximum absolute atomic E-state index is 5.70. The van der Waals surface area contributed by atoms with Crippen LogP contribution in [0.15, 0.2) is 36.8 Å². The van der Waals surface area contributed by atoms with E-state index in [0.29, 0.717) is 12.6 Å². The standard InChI is InChI=1S/C18H23N5O/c1-2-15(3-1)21-17-6-9-20-18(22-17)16-13-24-11-10-23(16)12-14-4-7-19-8-5-14/h4-9,15-16H,1-3,10-13H2,(H,20,21,22)/t16-/m0/s1. The molecule has 1 saturated carbocycles. The molecule has 1 atom stereocenters. The zero-order valence-corrected chi connectivity index (χ0v) is 13.8. The largest absolute Gasteiger partial charge is 0.378 e. The maximum Gasteiger partial charge on any atom is 0.150 e. The van der Waals surface area contributed by atoms with E-state index < -0.39 is 0 Å². The molecule has 1 N–H and O–H groups in total. The highest BCUT2D eigenvalue weighted by Crippen LogP contribution is 2.26. The SMILES string of the molecule is c1cc(CN2CCOC[C@H]2c2nccc(NC3CCC3)n2)ccn1. The Kier molecular flexibility index (Phi) is 4.66. The van der Waals surface area contributed by atoms with Crippen LogP contribution in [0.1, 0.15) is 36.7 Å². The van der Waals surface area contributed by atoms with Gasteiger partial charge in [0.25, 0.3) is 0 Å². The highest BCUT2D eigenvalue weighted by molar-refractivity contribution is 5.35. The summed E-state index contributed by atoms with van der Waals surface area (Å²) in [4.78, 5) is 15.8. The molecule has 1 aliphatic heterocycles. The van der Waals surface area contributed by atoms with E-state index in [2.05, 4.69) is 32.3 Å². The molecule has 2 aromatic heterocycles. The molecule has 6 heteroatoms. The third-order valence-corrected chi connectivity index (χ3v) is 4.80. The maximum atomic E-state index is 5.70. The van der Waals surface area contributed by atoms with E-state index in [0.717, 1.165) is 31.3 Å². The molecule has 2 aromatic rings. The van der Waals surface area contributed by atoms with Crippen molar-refractivity contribution in [3.63, 3.8) is 0 Å². The zero-order valence-electron chi connectivity index (χ0n) is 13.8. The molecular formula is C18H23N5O. The van der Waals surface area contributed by atoms with Gasteiger partial charge in [-0.15, -0.1) is 0 Å². The first-order valence-corrected chi connectivity index (χ1v) is 8.69. The van der Waals surface area contributed by atoms with Crippen molar-refractivity contribution in [2.75, 3.05) is 25.1 Å². The van der Waals surface area contributed by atoms with Gasteiger partial charge in [-0.1, -0.05) is 0 Å². The molecule has 126 valence electrons. The molecule has 24 heavy (non-hydrogen) atoms. The number of pyridine rings is 1. The first-order chi connectivity index (χ1) is 11.9. The molecular weight excluding hydrogens is 302 g/mol. The van der Waals surface area contributed by atoms with Crippen molar-refractivity contribution >= 4 is 5.82 Å². The van der Waals surface area contributed by atoms with E-state index in [4.69, 9.17) is 9.72 Å². The highest BCUT2D eigenvalue weighted by atomic mass is 16.5. The predicted octanol–water partition coefficient (Wildman–Crippen LogP) is 2.41. The number of morpholine rings is 1. The third kappa shape index (κ3) is 3.55. The van der Waals surface area contributed by atoms with Gasteiger partial charge >= 0.3 is 0 Å². The minimum atomic E-state index is 0.0926. The fraction of sp³-hybridized carbons (Fsp3) is 0.500. The quantitative estimate of drug-likeness (QED) is 0.911. The summed E-state index contributed by atoms with van der Waals surface area (Å²) >= 11 is 0. The average molecular weight is 325 g/mol. The van der Waals surface area contributed by atoms with Crippen molar-refractivity contribution in [1.82, 2.24) is 19.9 Å². The molecule has 0 bridgehead atoms. The summed E-state index contributed by atoms with van der Waals surface area (Å²) in [5, 5.41) is 3.50. The fourth-order valence-corrected chi connectivity index (χ4v) is 3.16. The summed E-state index contributed by atoms with van der Waals surface area (Å²) in [5.41, 5.74) is 1.25. The first kappa shape index (κ1) is 15.5. The van der Waals surface area contributed by atoms with Crippen LogP contribution in [-0.4, -0.2) is 45.7 Å². The van der Waals surface area contributed by atoms with Gasteiger partial charge in [0, 0.05) is 37.7 Å². The summed E-state index contributed by atoms with van der Waals surface area (Å²) < 4.78 is 5.70. The molecule has 3 heterocycles. The van der Waals surface area contributed by atoms with Crippen LogP contribution < -0.4 is 5.32 Å². The zero-order chi connectivity index (χ0) is 16.2. The number of nitrogens with one attached hydrogen (secondary N) is 1. The minimum Gasteiger partial charge on any atom is -0.378 e. The number of anilines is 1. The van der Waals surface area contributed by atoms with E-state index >= 15 is 0 Å². The van der Waals surface area contributed by atoms with Crippen LogP contribution in [-0.2, 0) is 11.3 Å². The number of hydrogen-bond acceptors (Lipinski definition) is 6. The summed E-state index contributed by atoms with van der Waals surface area (Å²) in [6, 6.07) is 6.74. The van der Waals surface area contributed by atoms with Gasteiger partial charge in [-0.05, 0) is 43.0 Å². The van der Waals surface area contributed by atoms with Crippen molar-refractivity contribution in [3.8, 4) is 0 Å². The number of ether oxygens (including phenoxy) is 1. The van der Waals surface area contributed by atoms with Crippen molar-refractivity contribution in [3.05, 3.63) is 48.2 Å². The lowest BCUT2D eigenvalue weighted by molar-refractivity contribution is -0.0159. The Bertz CT molecular complexity index is 661. The Labute approximate surface area is 142 Å². The molecule has 1 saturated heterocycles. The van der Waals surface area contributed by atoms with Gasteiger partial charge in [-0.25, -0.2) is 9.97 Å². The molecule has 0 radical (unpaired) electrons. The molecule has 2 aliphatic rings. The second-order valence-electron chi connectivity index (χ2n) is 6.49. The number of hydrogen-bond donors (Lipinski definition) is 1. The first-order valence-electron chi connectivity index (χ1n) is 8.69. The summed E-state index contributed by atoms with van der Waals surface area (Å²) in [6.07, 6.45) is 9.31. The minimum absolute atomic E-state index is 0.0926. The molecule has 2 fully saturated rings. The average Bonchev–Trinajstić information content (AvgIpc) is 2.60. The monoisotopic (exact) mass is 325 g/mol. The Morgan fingerprint density at radius 1 is 1.17 bits per heavy atom.